The van der Waals surface area contributed by atoms with Crippen molar-refractivity contribution in [2.24, 2.45) is 0 Å². The summed E-state index contributed by atoms with van der Waals surface area (Å²) in [7, 11) is 0. The van der Waals surface area contributed by atoms with Crippen LogP contribution < -0.4 is 4.90 Å². The van der Waals surface area contributed by atoms with Crippen molar-refractivity contribution in [1.29, 1.82) is 0 Å². The van der Waals surface area contributed by atoms with E-state index in [-0.39, 0.29) is 5.91 Å². The number of aryl methyl sites for hydroxylation is 2. The van der Waals surface area contributed by atoms with E-state index in [0.29, 0.717) is 5.56 Å². The number of benzene rings is 4. The van der Waals surface area contributed by atoms with Crippen molar-refractivity contribution >= 4 is 34.3 Å². The number of fused-ring (bicyclic) bond motifs is 3. The first-order valence-electron chi connectivity index (χ1n) is 12.3. The van der Waals surface area contributed by atoms with Crippen LogP contribution in [0.2, 0.25) is 0 Å². The highest BCUT2D eigenvalue weighted by atomic mass is 16.5. The third-order valence-electron chi connectivity index (χ3n) is 6.75. The number of hydrogen-bond donors (Lipinski definition) is 1. The number of ether oxygens (including phenoxy) is 1. The number of carbonyl (C=O) groups is 2. The molecule has 2 heterocycles. The molecule has 1 atom stereocenters. The molecule has 1 aliphatic heterocycles. The van der Waals surface area contributed by atoms with Crippen LogP contribution in [0.25, 0.3) is 22.4 Å². The Morgan fingerprint density at radius 2 is 1.46 bits per heavy atom. The molecule has 37 heavy (non-hydrogen) atoms. The van der Waals surface area contributed by atoms with Crippen LogP contribution in [0.15, 0.2) is 97.1 Å². The molecule has 4 aromatic carbocycles. The first kappa shape index (κ1) is 22.7. The summed E-state index contributed by atoms with van der Waals surface area (Å²) >= 11 is 0. The maximum absolute atomic E-state index is 13.7. The van der Waals surface area contributed by atoms with Crippen molar-refractivity contribution < 1.29 is 14.3 Å². The van der Waals surface area contributed by atoms with Gasteiger partial charge in [0.05, 0.1) is 28.0 Å². The Hall–Kier alpha value is -4.71. The Labute approximate surface area is 214 Å². The molecule has 0 spiro atoms. The van der Waals surface area contributed by atoms with E-state index < -0.39 is 12.1 Å². The van der Waals surface area contributed by atoms with Crippen LogP contribution in [0.1, 0.15) is 28.4 Å². The zero-order valence-electron chi connectivity index (χ0n) is 20.3. The van der Waals surface area contributed by atoms with Crippen LogP contribution in [0.4, 0.5) is 11.4 Å². The summed E-state index contributed by atoms with van der Waals surface area (Å²) < 4.78 is 5.70. The standard InChI is InChI=1S/C31H25N3O3/c1-20(30(35)34-27-13-7-5-9-21(27)15-16-22-10-6-8-14-28(22)34)37-31(36)24-17-18-25-26(19-24)33-29(32-25)23-11-3-2-4-12-23/h2-14,17-20H,15-16H2,1H3,(H,32,33). The van der Waals surface area contributed by atoms with Gasteiger partial charge in [-0.15, -0.1) is 0 Å². The fraction of sp³-hybridized carbons (Fsp3) is 0.129. The second-order valence-corrected chi connectivity index (χ2v) is 9.16. The SMILES string of the molecule is CC(OC(=O)c1ccc2nc(-c3ccccc3)[nH]c2c1)C(=O)N1c2ccccc2CCc2ccccc21. The van der Waals surface area contributed by atoms with E-state index in [9.17, 15) is 9.59 Å². The lowest BCUT2D eigenvalue weighted by Gasteiger charge is -2.27. The largest absolute Gasteiger partial charge is 0.449 e. The molecule has 6 nitrogen and oxygen atoms in total. The van der Waals surface area contributed by atoms with Gasteiger partial charge in [0.15, 0.2) is 6.10 Å². The summed E-state index contributed by atoms with van der Waals surface area (Å²) in [6.07, 6.45) is 0.685. The predicted octanol–water partition coefficient (Wildman–Crippen LogP) is 6.24. The molecule has 5 aromatic rings. The number of para-hydroxylation sites is 2. The molecule has 0 aliphatic carbocycles. The molecule has 1 unspecified atom stereocenters. The summed E-state index contributed by atoms with van der Waals surface area (Å²) in [5, 5.41) is 0. The molecule has 1 N–H and O–H groups in total. The van der Waals surface area contributed by atoms with E-state index in [1.807, 2.05) is 78.9 Å². The van der Waals surface area contributed by atoms with Crippen LogP contribution in [-0.4, -0.2) is 27.9 Å². The first-order valence-corrected chi connectivity index (χ1v) is 12.3. The van der Waals surface area contributed by atoms with Crippen molar-refractivity contribution in [3.05, 3.63) is 114 Å². The van der Waals surface area contributed by atoms with Crippen molar-refractivity contribution in [2.75, 3.05) is 4.90 Å². The molecular weight excluding hydrogens is 462 g/mol. The fourth-order valence-corrected chi connectivity index (χ4v) is 4.85. The minimum Gasteiger partial charge on any atom is -0.449 e. The molecular formula is C31H25N3O3. The van der Waals surface area contributed by atoms with Crippen LogP contribution in [0, 0.1) is 0 Å². The fourth-order valence-electron chi connectivity index (χ4n) is 4.85. The summed E-state index contributed by atoms with van der Waals surface area (Å²) in [6, 6.07) is 30.7. The molecule has 182 valence electrons. The Morgan fingerprint density at radius 1 is 0.838 bits per heavy atom. The first-order chi connectivity index (χ1) is 18.1. The van der Waals surface area contributed by atoms with Gasteiger partial charge < -0.3 is 9.72 Å². The molecule has 0 bridgehead atoms. The quantitative estimate of drug-likeness (QED) is 0.305. The smallest absolute Gasteiger partial charge is 0.338 e. The van der Waals surface area contributed by atoms with E-state index in [4.69, 9.17) is 4.74 Å². The number of carbonyl (C=O) groups excluding carboxylic acids is 2. The number of anilines is 2. The second kappa shape index (κ2) is 9.39. The molecule has 0 saturated carbocycles. The molecule has 6 rings (SSSR count). The van der Waals surface area contributed by atoms with Gasteiger partial charge in [-0.25, -0.2) is 9.78 Å². The van der Waals surface area contributed by atoms with Gasteiger partial charge in [0, 0.05) is 5.56 Å². The Kier molecular flexibility index (Phi) is 5.77. The van der Waals surface area contributed by atoms with Gasteiger partial charge in [0.1, 0.15) is 5.82 Å². The lowest BCUT2D eigenvalue weighted by Crippen LogP contribution is -2.37. The maximum atomic E-state index is 13.7. The lowest BCUT2D eigenvalue weighted by molar-refractivity contribution is -0.125. The van der Waals surface area contributed by atoms with Gasteiger partial charge >= 0.3 is 5.97 Å². The van der Waals surface area contributed by atoms with Gasteiger partial charge in [-0.05, 0) is 61.2 Å². The monoisotopic (exact) mass is 487 g/mol. The number of aromatic nitrogens is 2. The number of hydrogen-bond acceptors (Lipinski definition) is 4. The number of rotatable bonds is 4. The van der Waals surface area contributed by atoms with Crippen LogP contribution >= 0.6 is 0 Å². The van der Waals surface area contributed by atoms with Gasteiger partial charge in [-0.2, -0.15) is 0 Å². The predicted molar refractivity (Wildman–Crippen MR) is 144 cm³/mol. The number of imidazole rings is 1. The lowest BCUT2D eigenvalue weighted by atomic mass is 10.0. The highest BCUT2D eigenvalue weighted by Gasteiger charge is 2.31. The number of amides is 1. The van der Waals surface area contributed by atoms with Crippen LogP contribution in [0.5, 0.6) is 0 Å². The molecule has 1 amide bonds. The molecule has 0 saturated heterocycles. The topological polar surface area (TPSA) is 75.3 Å². The molecule has 1 aliphatic rings. The Bertz CT molecular complexity index is 1580. The van der Waals surface area contributed by atoms with E-state index >= 15 is 0 Å². The minimum atomic E-state index is -0.982. The summed E-state index contributed by atoms with van der Waals surface area (Å²) in [5.41, 5.74) is 6.61. The Balaban J connectivity index is 1.26. The van der Waals surface area contributed by atoms with Crippen LogP contribution in [0.3, 0.4) is 0 Å². The number of nitrogens with zero attached hydrogens (tertiary/aromatic N) is 2. The van der Waals surface area contributed by atoms with E-state index in [0.717, 1.165) is 57.8 Å². The summed E-state index contributed by atoms with van der Waals surface area (Å²) in [6.45, 7) is 1.62. The highest BCUT2D eigenvalue weighted by molar-refractivity contribution is 6.06. The van der Waals surface area contributed by atoms with Crippen molar-refractivity contribution in [2.45, 2.75) is 25.9 Å². The van der Waals surface area contributed by atoms with Gasteiger partial charge in [-0.3, -0.25) is 9.69 Å². The molecule has 1 aromatic heterocycles. The zero-order chi connectivity index (χ0) is 25.4. The zero-order valence-corrected chi connectivity index (χ0v) is 20.3. The van der Waals surface area contributed by atoms with Gasteiger partial charge in [0.2, 0.25) is 0 Å². The van der Waals surface area contributed by atoms with Gasteiger partial charge in [-0.1, -0.05) is 66.7 Å². The van der Waals surface area contributed by atoms with E-state index in [1.54, 1.807) is 30.0 Å². The van der Waals surface area contributed by atoms with Crippen molar-refractivity contribution in [3.8, 4) is 11.4 Å². The average Bonchev–Trinajstić information content (AvgIpc) is 3.29. The van der Waals surface area contributed by atoms with Crippen molar-refractivity contribution in [1.82, 2.24) is 9.97 Å². The normalized spacial score (nSPS) is 13.4. The molecule has 0 radical (unpaired) electrons. The van der Waals surface area contributed by atoms with Crippen LogP contribution in [-0.2, 0) is 22.4 Å². The van der Waals surface area contributed by atoms with E-state index in [2.05, 4.69) is 9.97 Å². The number of aromatic amines is 1. The highest BCUT2D eigenvalue weighted by Crippen LogP contribution is 2.36. The summed E-state index contributed by atoms with van der Waals surface area (Å²) in [4.78, 5) is 36.4. The second-order valence-electron chi connectivity index (χ2n) is 9.16. The minimum absolute atomic E-state index is 0.288. The molecule has 0 fully saturated rings. The van der Waals surface area contributed by atoms with Crippen molar-refractivity contribution in [3.63, 3.8) is 0 Å². The average molecular weight is 488 g/mol. The molecule has 6 heteroatoms. The maximum Gasteiger partial charge on any atom is 0.338 e. The third kappa shape index (κ3) is 4.27. The van der Waals surface area contributed by atoms with Gasteiger partial charge in [0.25, 0.3) is 5.91 Å². The Morgan fingerprint density at radius 3 is 2.14 bits per heavy atom. The number of esters is 1. The van der Waals surface area contributed by atoms with E-state index in [1.165, 1.54) is 0 Å². The number of nitrogens with one attached hydrogen (secondary N) is 1. The summed E-state index contributed by atoms with van der Waals surface area (Å²) in [5.74, 6) is -0.123. The third-order valence-corrected chi connectivity index (χ3v) is 6.75. The number of H-pyrrole nitrogens is 1.